The Kier molecular flexibility index (Phi) is 10.1. The lowest BCUT2D eigenvalue weighted by Gasteiger charge is -2.38. The van der Waals surface area contributed by atoms with Crippen molar-refractivity contribution >= 4 is 15.9 Å². The lowest BCUT2D eigenvalue weighted by Crippen LogP contribution is -2.55. The van der Waals surface area contributed by atoms with Crippen LogP contribution in [0.15, 0.2) is 0 Å². The van der Waals surface area contributed by atoms with Crippen LogP contribution >= 0.6 is 0 Å². The predicted molar refractivity (Wildman–Crippen MR) is 116 cm³/mol. The van der Waals surface area contributed by atoms with Gasteiger partial charge in [0.05, 0.1) is 5.75 Å². The van der Waals surface area contributed by atoms with Crippen LogP contribution in [0.1, 0.15) is 39.5 Å². The fourth-order valence-electron chi connectivity index (χ4n) is 4.18. The summed E-state index contributed by atoms with van der Waals surface area (Å²) in [5.41, 5.74) is 0. The highest BCUT2D eigenvalue weighted by Gasteiger charge is 2.28. The third kappa shape index (κ3) is 9.63. The molecule has 0 saturated carbocycles. The lowest BCUT2D eigenvalue weighted by molar-refractivity contribution is 0.110. The Morgan fingerprint density at radius 1 is 1.07 bits per heavy atom. The van der Waals surface area contributed by atoms with Crippen LogP contribution in [0.3, 0.4) is 0 Å². The van der Waals surface area contributed by atoms with Gasteiger partial charge in [-0.2, -0.15) is 0 Å². The van der Waals surface area contributed by atoms with Crippen molar-refractivity contribution in [1.82, 2.24) is 20.4 Å². The minimum atomic E-state index is -2.92. The Bertz CT molecular complexity index is 593. The maximum atomic E-state index is 12.4. The van der Waals surface area contributed by atoms with Crippen molar-refractivity contribution in [1.29, 1.82) is 0 Å². The molecule has 0 bridgehead atoms. The average molecular weight is 433 g/mol. The maximum Gasteiger partial charge on any atom is 0.315 e. The summed E-state index contributed by atoms with van der Waals surface area (Å²) in [7, 11) is -2.92. The van der Waals surface area contributed by atoms with E-state index in [2.05, 4.69) is 27.4 Å². The number of amides is 2. The van der Waals surface area contributed by atoms with Crippen molar-refractivity contribution in [2.75, 3.05) is 64.5 Å². The number of sulfone groups is 1. The van der Waals surface area contributed by atoms with E-state index in [0.717, 1.165) is 71.6 Å². The second kappa shape index (κ2) is 12.1. The van der Waals surface area contributed by atoms with Crippen LogP contribution < -0.4 is 10.6 Å². The Labute approximate surface area is 176 Å². The van der Waals surface area contributed by atoms with Crippen LogP contribution in [0.4, 0.5) is 4.79 Å². The molecule has 2 aliphatic rings. The molecule has 2 fully saturated rings. The standard InChI is InChI=1S/C20H40N4O4S/c1-4-28-14-5-9-24-12-8-19(17(2)16-24)22-20(25)21-18-6-10-23(11-7-18)13-15-29(3,26)27/h17-19H,4-16H2,1-3H3,(H2,21,22,25). The van der Waals surface area contributed by atoms with E-state index in [1.165, 1.54) is 6.26 Å². The summed E-state index contributed by atoms with van der Waals surface area (Å²) >= 11 is 0. The van der Waals surface area contributed by atoms with Gasteiger partial charge in [0.25, 0.3) is 0 Å². The summed E-state index contributed by atoms with van der Waals surface area (Å²) in [4.78, 5) is 17.1. The first-order chi connectivity index (χ1) is 13.8. The molecule has 2 aliphatic heterocycles. The average Bonchev–Trinajstić information content (AvgIpc) is 2.66. The molecule has 0 aromatic rings. The normalized spacial score (nSPS) is 25.1. The second-order valence-corrected chi connectivity index (χ2v) is 10.8. The third-order valence-corrected chi connectivity index (χ3v) is 6.90. The van der Waals surface area contributed by atoms with Crippen LogP contribution in [0.5, 0.6) is 0 Å². The SMILES string of the molecule is CCOCCCN1CCC(NC(=O)NC2CCN(CCS(C)(=O)=O)CC2)C(C)C1. The maximum absolute atomic E-state index is 12.4. The van der Waals surface area contributed by atoms with Gasteiger partial charge in [0.15, 0.2) is 0 Å². The fraction of sp³-hybridized carbons (Fsp3) is 0.950. The van der Waals surface area contributed by atoms with Gasteiger partial charge in [0.1, 0.15) is 9.84 Å². The van der Waals surface area contributed by atoms with E-state index in [-0.39, 0.29) is 23.9 Å². The highest BCUT2D eigenvalue weighted by Crippen LogP contribution is 2.17. The van der Waals surface area contributed by atoms with Crippen molar-refractivity contribution in [2.45, 2.75) is 51.6 Å². The number of likely N-dealkylation sites (tertiary alicyclic amines) is 2. The van der Waals surface area contributed by atoms with E-state index in [4.69, 9.17) is 4.74 Å². The molecule has 2 rings (SSSR count). The molecule has 0 aromatic carbocycles. The van der Waals surface area contributed by atoms with Gasteiger partial charge < -0.3 is 25.2 Å². The van der Waals surface area contributed by atoms with Crippen LogP contribution in [0.2, 0.25) is 0 Å². The molecule has 2 amide bonds. The number of piperidine rings is 2. The topological polar surface area (TPSA) is 91.0 Å². The Morgan fingerprint density at radius 2 is 1.76 bits per heavy atom. The quantitative estimate of drug-likeness (QED) is 0.499. The molecule has 2 atom stereocenters. The van der Waals surface area contributed by atoms with E-state index in [1.807, 2.05) is 6.92 Å². The zero-order chi connectivity index (χ0) is 21.3. The van der Waals surface area contributed by atoms with E-state index >= 15 is 0 Å². The molecule has 2 unspecified atom stereocenters. The van der Waals surface area contributed by atoms with Crippen LogP contribution in [-0.2, 0) is 14.6 Å². The Balaban J connectivity index is 1.62. The summed E-state index contributed by atoms with van der Waals surface area (Å²) in [6.07, 6.45) is 5.04. The first-order valence-corrected chi connectivity index (χ1v) is 13.1. The molecule has 170 valence electrons. The van der Waals surface area contributed by atoms with Crippen molar-refractivity contribution in [3.05, 3.63) is 0 Å². The highest BCUT2D eigenvalue weighted by molar-refractivity contribution is 7.90. The van der Waals surface area contributed by atoms with Crippen LogP contribution in [0.25, 0.3) is 0 Å². The van der Waals surface area contributed by atoms with Crippen molar-refractivity contribution in [3.63, 3.8) is 0 Å². The number of nitrogens with zero attached hydrogens (tertiary/aromatic N) is 2. The summed E-state index contributed by atoms with van der Waals surface area (Å²) in [6, 6.07) is 0.313. The molecular formula is C20H40N4O4S. The van der Waals surface area contributed by atoms with Crippen molar-refractivity contribution < 1.29 is 17.9 Å². The van der Waals surface area contributed by atoms with Crippen molar-refractivity contribution in [2.24, 2.45) is 5.92 Å². The zero-order valence-electron chi connectivity index (χ0n) is 18.4. The molecule has 0 radical (unpaired) electrons. The number of ether oxygens (including phenoxy) is 1. The third-order valence-electron chi connectivity index (χ3n) is 5.97. The smallest absolute Gasteiger partial charge is 0.315 e. The fourth-order valence-corrected chi connectivity index (χ4v) is 4.77. The van der Waals surface area contributed by atoms with Gasteiger partial charge in [0, 0.05) is 70.8 Å². The molecule has 0 spiro atoms. The predicted octanol–water partition coefficient (Wildman–Crippen LogP) is 0.932. The van der Waals surface area contributed by atoms with E-state index < -0.39 is 9.84 Å². The van der Waals surface area contributed by atoms with Gasteiger partial charge in [-0.1, -0.05) is 6.92 Å². The number of nitrogens with one attached hydrogen (secondary N) is 2. The number of urea groups is 1. The highest BCUT2D eigenvalue weighted by atomic mass is 32.2. The first-order valence-electron chi connectivity index (χ1n) is 11.0. The van der Waals surface area contributed by atoms with Crippen LogP contribution in [-0.4, -0.2) is 101 Å². The van der Waals surface area contributed by atoms with Gasteiger partial charge in [0.2, 0.25) is 0 Å². The number of rotatable bonds is 10. The van der Waals surface area contributed by atoms with Crippen molar-refractivity contribution in [3.8, 4) is 0 Å². The molecule has 2 saturated heterocycles. The second-order valence-electron chi connectivity index (χ2n) is 8.59. The summed E-state index contributed by atoms with van der Waals surface area (Å²) in [5.74, 6) is 0.632. The van der Waals surface area contributed by atoms with Gasteiger partial charge in [-0.25, -0.2) is 13.2 Å². The molecule has 29 heavy (non-hydrogen) atoms. The summed E-state index contributed by atoms with van der Waals surface area (Å²) < 4.78 is 28.0. The van der Waals surface area contributed by atoms with Crippen LogP contribution in [0, 0.1) is 5.92 Å². The Hall–Kier alpha value is -0.900. The minimum absolute atomic E-state index is 0.0683. The Morgan fingerprint density at radius 3 is 2.38 bits per heavy atom. The summed E-state index contributed by atoms with van der Waals surface area (Å²) in [6.45, 7) is 11.1. The molecule has 2 N–H and O–H groups in total. The zero-order valence-corrected chi connectivity index (χ0v) is 19.2. The first kappa shape index (κ1) is 24.4. The number of hydrogen-bond acceptors (Lipinski definition) is 6. The molecular weight excluding hydrogens is 392 g/mol. The van der Waals surface area contributed by atoms with Gasteiger partial charge >= 0.3 is 6.03 Å². The molecule has 0 aliphatic carbocycles. The molecule has 2 heterocycles. The number of hydrogen-bond donors (Lipinski definition) is 2. The lowest BCUT2D eigenvalue weighted by atomic mass is 9.94. The molecule has 8 nitrogen and oxygen atoms in total. The number of carbonyl (C=O) groups is 1. The van der Waals surface area contributed by atoms with Gasteiger partial charge in [-0.15, -0.1) is 0 Å². The van der Waals surface area contributed by atoms with Gasteiger partial charge in [-0.05, 0) is 38.5 Å². The van der Waals surface area contributed by atoms with Gasteiger partial charge in [-0.3, -0.25) is 0 Å². The van der Waals surface area contributed by atoms with E-state index in [1.54, 1.807) is 0 Å². The largest absolute Gasteiger partial charge is 0.382 e. The van der Waals surface area contributed by atoms with E-state index in [0.29, 0.717) is 12.5 Å². The summed E-state index contributed by atoms with van der Waals surface area (Å²) in [5, 5.41) is 6.29. The molecule has 9 heteroatoms. The molecule has 0 aromatic heterocycles. The van der Waals surface area contributed by atoms with E-state index in [9.17, 15) is 13.2 Å². The number of carbonyl (C=O) groups excluding carboxylic acids is 1. The minimum Gasteiger partial charge on any atom is -0.382 e. The monoisotopic (exact) mass is 432 g/mol.